The number of hydrogen-bond acceptors (Lipinski definition) is 4. The van der Waals surface area contributed by atoms with E-state index in [1.54, 1.807) is 12.1 Å². The van der Waals surface area contributed by atoms with Crippen LogP contribution in [0, 0.1) is 0 Å². The smallest absolute Gasteiger partial charge is 0.244 e. The van der Waals surface area contributed by atoms with Gasteiger partial charge in [0.05, 0.1) is 0 Å². The monoisotopic (exact) mass is 291 g/mol. The molecular formula is C14H17N3O2S. The molecule has 0 unspecified atom stereocenters. The third kappa shape index (κ3) is 3.34. The van der Waals surface area contributed by atoms with Crippen molar-refractivity contribution in [2.45, 2.75) is 11.4 Å². The molecule has 106 valence electrons. The van der Waals surface area contributed by atoms with Crippen molar-refractivity contribution in [3.05, 3.63) is 54.2 Å². The summed E-state index contributed by atoms with van der Waals surface area (Å²) in [6, 6.07) is 13.1. The molecule has 0 amide bonds. The zero-order chi connectivity index (χ0) is 14.6. The molecule has 0 aliphatic rings. The van der Waals surface area contributed by atoms with E-state index in [0.29, 0.717) is 12.4 Å². The van der Waals surface area contributed by atoms with E-state index in [1.165, 1.54) is 24.6 Å². The second kappa shape index (κ2) is 6.02. The van der Waals surface area contributed by atoms with Gasteiger partial charge in [0, 0.05) is 26.8 Å². The van der Waals surface area contributed by atoms with Gasteiger partial charge in [-0.15, -0.1) is 0 Å². The van der Waals surface area contributed by atoms with Gasteiger partial charge in [0.1, 0.15) is 10.7 Å². The number of anilines is 1. The Kier molecular flexibility index (Phi) is 4.36. The molecule has 1 aromatic heterocycles. The SMILES string of the molecule is CN(C)S(=O)(=O)c1ccc(NCc2ccccc2)nc1. The lowest BCUT2D eigenvalue weighted by Crippen LogP contribution is -2.22. The number of hydrogen-bond donors (Lipinski definition) is 1. The average molecular weight is 291 g/mol. The van der Waals surface area contributed by atoms with E-state index in [9.17, 15) is 8.42 Å². The largest absolute Gasteiger partial charge is 0.366 e. The lowest BCUT2D eigenvalue weighted by atomic mass is 10.2. The average Bonchev–Trinajstić information content (AvgIpc) is 2.46. The van der Waals surface area contributed by atoms with E-state index in [2.05, 4.69) is 10.3 Å². The fourth-order valence-electron chi connectivity index (χ4n) is 1.64. The zero-order valence-corrected chi connectivity index (χ0v) is 12.3. The third-order valence-corrected chi connectivity index (χ3v) is 4.63. The first-order valence-electron chi connectivity index (χ1n) is 6.16. The van der Waals surface area contributed by atoms with E-state index in [0.717, 1.165) is 5.56 Å². The lowest BCUT2D eigenvalue weighted by molar-refractivity contribution is 0.520. The van der Waals surface area contributed by atoms with Gasteiger partial charge in [-0.3, -0.25) is 0 Å². The van der Waals surface area contributed by atoms with Crippen molar-refractivity contribution >= 4 is 15.8 Å². The van der Waals surface area contributed by atoms with Crippen molar-refractivity contribution in [3.63, 3.8) is 0 Å². The van der Waals surface area contributed by atoms with Crippen LogP contribution in [0.3, 0.4) is 0 Å². The molecular weight excluding hydrogens is 274 g/mol. The molecule has 1 heterocycles. The first kappa shape index (κ1) is 14.5. The van der Waals surface area contributed by atoms with Crippen molar-refractivity contribution in [2.75, 3.05) is 19.4 Å². The number of rotatable bonds is 5. The minimum atomic E-state index is -3.42. The molecule has 0 bridgehead atoms. The van der Waals surface area contributed by atoms with E-state index in [1.807, 2.05) is 30.3 Å². The van der Waals surface area contributed by atoms with E-state index in [-0.39, 0.29) is 4.90 Å². The van der Waals surface area contributed by atoms with Gasteiger partial charge >= 0.3 is 0 Å². The fourth-order valence-corrected chi connectivity index (χ4v) is 2.48. The van der Waals surface area contributed by atoms with Crippen LogP contribution >= 0.6 is 0 Å². The number of sulfonamides is 1. The number of benzene rings is 1. The Morgan fingerprint density at radius 1 is 1.10 bits per heavy atom. The molecule has 2 aromatic rings. The molecule has 1 aromatic carbocycles. The summed E-state index contributed by atoms with van der Waals surface area (Å²) in [5, 5.41) is 3.15. The molecule has 2 rings (SSSR count). The summed E-state index contributed by atoms with van der Waals surface area (Å²) in [7, 11) is -0.424. The van der Waals surface area contributed by atoms with E-state index >= 15 is 0 Å². The summed E-state index contributed by atoms with van der Waals surface area (Å²) in [5.41, 5.74) is 1.14. The number of nitrogens with one attached hydrogen (secondary N) is 1. The zero-order valence-electron chi connectivity index (χ0n) is 11.4. The highest BCUT2D eigenvalue weighted by molar-refractivity contribution is 7.89. The highest BCUT2D eigenvalue weighted by Crippen LogP contribution is 2.14. The molecule has 5 nitrogen and oxygen atoms in total. The second-order valence-corrected chi connectivity index (χ2v) is 6.66. The number of nitrogens with zero attached hydrogens (tertiary/aromatic N) is 2. The quantitative estimate of drug-likeness (QED) is 0.914. The van der Waals surface area contributed by atoms with Gasteiger partial charge in [0.15, 0.2) is 0 Å². The molecule has 0 aliphatic heterocycles. The first-order chi connectivity index (χ1) is 9.50. The van der Waals surface area contributed by atoms with Crippen molar-refractivity contribution in [3.8, 4) is 0 Å². The lowest BCUT2D eigenvalue weighted by Gasteiger charge is -2.11. The van der Waals surface area contributed by atoms with Gasteiger partial charge in [-0.1, -0.05) is 30.3 Å². The van der Waals surface area contributed by atoms with Gasteiger partial charge < -0.3 is 5.32 Å². The van der Waals surface area contributed by atoms with Crippen LogP contribution in [-0.4, -0.2) is 31.8 Å². The Labute approximate surface area is 119 Å². The van der Waals surface area contributed by atoms with Gasteiger partial charge in [-0.25, -0.2) is 17.7 Å². The summed E-state index contributed by atoms with van der Waals surface area (Å²) in [4.78, 5) is 4.31. The maximum absolute atomic E-state index is 11.9. The van der Waals surface area contributed by atoms with Gasteiger partial charge in [0.25, 0.3) is 0 Å². The van der Waals surface area contributed by atoms with Gasteiger partial charge in [-0.2, -0.15) is 0 Å². The van der Waals surface area contributed by atoms with Gasteiger partial charge in [0.2, 0.25) is 10.0 Å². The molecule has 20 heavy (non-hydrogen) atoms. The highest BCUT2D eigenvalue weighted by atomic mass is 32.2. The van der Waals surface area contributed by atoms with Gasteiger partial charge in [-0.05, 0) is 17.7 Å². The third-order valence-electron chi connectivity index (χ3n) is 2.83. The van der Waals surface area contributed by atoms with Crippen LogP contribution in [0.25, 0.3) is 0 Å². The Bertz CT molecular complexity index is 653. The Balaban J connectivity index is 2.06. The Hall–Kier alpha value is -1.92. The standard InChI is InChI=1S/C14H17N3O2S/c1-17(2)20(18,19)13-8-9-14(16-11-13)15-10-12-6-4-3-5-7-12/h3-9,11H,10H2,1-2H3,(H,15,16). The van der Waals surface area contributed by atoms with Crippen LogP contribution in [-0.2, 0) is 16.6 Å². The van der Waals surface area contributed by atoms with E-state index in [4.69, 9.17) is 0 Å². The molecule has 0 saturated heterocycles. The molecule has 0 aliphatic carbocycles. The maximum atomic E-state index is 11.9. The van der Waals surface area contributed by atoms with Crippen molar-refractivity contribution < 1.29 is 8.42 Å². The molecule has 0 atom stereocenters. The topological polar surface area (TPSA) is 62.3 Å². The summed E-state index contributed by atoms with van der Waals surface area (Å²) < 4.78 is 24.9. The van der Waals surface area contributed by atoms with Crippen LogP contribution in [0.15, 0.2) is 53.6 Å². The van der Waals surface area contributed by atoms with Crippen LogP contribution in [0.1, 0.15) is 5.56 Å². The fraction of sp³-hybridized carbons (Fsp3) is 0.214. The van der Waals surface area contributed by atoms with Crippen LogP contribution in [0.2, 0.25) is 0 Å². The molecule has 0 fully saturated rings. The molecule has 0 saturated carbocycles. The van der Waals surface area contributed by atoms with E-state index < -0.39 is 10.0 Å². The normalized spacial score (nSPS) is 11.6. The first-order valence-corrected chi connectivity index (χ1v) is 7.60. The highest BCUT2D eigenvalue weighted by Gasteiger charge is 2.17. The summed E-state index contributed by atoms with van der Waals surface area (Å²) in [5.74, 6) is 0.645. The van der Waals surface area contributed by atoms with Crippen LogP contribution in [0.5, 0.6) is 0 Å². The minimum absolute atomic E-state index is 0.188. The predicted octanol–water partition coefficient (Wildman–Crippen LogP) is 1.94. The summed E-state index contributed by atoms with van der Waals surface area (Å²) in [6.45, 7) is 0.646. The molecule has 6 heteroatoms. The van der Waals surface area contributed by atoms with Crippen molar-refractivity contribution in [1.82, 2.24) is 9.29 Å². The Morgan fingerprint density at radius 2 is 1.80 bits per heavy atom. The molecule has 1 N–H and O–H groups in total. The summed E-state index contributed by atoms with van der Waals surface area (Å²) >= 11 is 0. The van der Waals surface area contributed by atoms with Crippen LogP contribution in [0.4, 0.5) is 5.82 Å². The summed E-state index contributed by atoms with van der Waals surface area (Å²) in [6.07, 6.45) is 1.36. The minimum Gasteiger partial charge on any atom is -0.366 e. The number of pyridine rings is 1. The molecule has 0 radical (unpaired) electrons. The van der Waals surface area contributed by atoms with Crippen molar-refractivity contribution in [2.24, 2.45) is 0 Å². The predicted molar refractivity (Wildman–Crippen MR) is 78.9 cm³/mol. The second-order valence-electron chi connectivity index (χ2n) is 4.51. The molecule has 0 spiro atoms. The maximum Gasteiger partial charge on any atom is 0.244 e. The van der Waals surface area contributed by atoms with Crippen LogP contribution < -0.4 is 5.32 Å². The Morgan fingerprint density at radius 3 is 2.35 bits per heavy atom. The number of aromatic nitrogens is 1. The van der Waals surface area contributed by atoms with Crippen molar-refractivity contribution in [1.29, 1.82) is 0 Å².